The maximum Gasteiger partial charge on any atom is 0.254 e. The minimum Gasteiger partial charge on any atom is -0.414 e. The summed E-state index contributed by atoms with van der Waals surface area (Å²) in [6.07, 6.45) is 5.73. The molecule has 234 valence electrons. The van der Waals surface area contributed by atoms with E-state index >= 15 is 0 Å². The predicted molar refractivity (Wildman–Crippen MR) is 176 cm³/mol. The molecule has 1 aliphatic carbocycles. The molecule has 2 aromatic carbocycles. The van der Waals surface area contributed by atoms with Gasteiger partial charge in [-0.2, -0.15) is 0 Å². The lowest BCUT2D eigenvalue weighted by atomic mass is 9.92. The van der Waals surface area contributed by atoms with Gasteiger partial charge in [0.05, 0.1) is 13.2 Å². The molecule has 1 atom stereocenters. The van der Waals surface area contributed by atoms with Gasteiger partial charge in [0.15, 0.2) is 8.32 Å². The molecule has 0 spiro atoms. The zero-order chi connectivity index (χ0) is 30.9. The Morgan fingerprint density at radius 2 is 1.53 bits per heavy atom. The van der Waals surface area contributed by atoms with E-state index in [4.69, 9.17) is 32.4 Å². The molecule has 3 aliphatic rings. The predicted octanol–water partition coefficient (Wildman–Crippen LogP) is 7.86. The van der Waals surface area contributed by atoms with E-state index in [0.717, 1.165) is 55.3 Å². The van der Waals surface area contributed by atoms with Crippen molar-refractivity contribution >= 4 is 43.3 Å². The SMILES string of the molecule is CC(C)(C)[Si](C)(C)OC1CCC(N2CC[C@@H](Cc3c(Cl)cc(-c4ccc(C(=O)N5CCOCC5)cc4)cc3Cl)C2=O)CC1. The van der Waals surface area contributed by atoms with Gasteiger partial charge in [0.2, 0.25) is 5.91 Å². The number of morpholine rings is 1. The topological polar surface area (TPSA) is 59.1 Å². The summed E-state index contributed by atoms with van der Waals surface area (Å²) >= 11 is 13.6. The third kappa shape index (κ3) is 7.33. The third-order valence-electron chi connectivity index (χ3n) is 10.1. The van der Waals surface area contributed by atoms with Gasteiger partial charge in [0.25, 0.3) is 5.91 Å². The number of benzene rings is 2. The molecule has 2 aliphatic heterocycles. The highest BCUT2D eigenvalue weighted by molar-refractivity contribution is 6.74. The van der Waals surface area contributed by atoms with E-state index in [-0.39, 0.29) is 22.8 Å². The molecule has 0 aromatic heterocycles. The molecule has 43 heavy (non-hydrogen) atoms. The second-order valence-corrected chi connectivity index (χ2v) is 19.5. The maximum atomic E-state index is 13.5. The number of carbonyl (C=O) groups excluding carboxylic acids is 2. The molecule has 2 amide bonds. The quantitative estimate of drug-likeness (QED) is 0.288. The molecule has 0 N–H and O–H groups in total. The van der Waals surface area contributed by atoms with E-state index in [1.807, 2.05) is 41.3 Å². The van der Waals surface area contributed by atoms with Crippen LogP contribution in [0.5, 0.6) is 0 Å². The van der Waals surface area contributed by atoms with Gasteiger partial charge in [0, 0.05) is 53.3 Å². The molecule has 2 saturated heterocycles. The van der Waals surface area contributed by atoms with E-state index in [1.165, 1.54) is 0 Å². The second kappa shape index (κ2) is 13.2. The van der Waals surface area contributed by atoms with Crippen molar-refractivity contribution in [2.75, 3.05) is 32.8 Å². The first-order valence-electron chi connectivity index (χ1n) is 15.8. The van der Waals surface area contributed by atoms with Crippen LogP contribution in [0.3, 0.4) is 0 Å². The van der Waals surface area contributed by atoms with Crippen molar-refractivity contribution in [2.45, 2.75) is 89.6 Å². The van der Waals surface area contributed by atoms with Crippen LogP contribution in [0.2, 0.25) is 28.2 Å². The lowest BCUT2D eigenvalue weighted by Gasteiger charge is -2.42. The number of ether oxygens (including phenoxy) is 1. The fourth-order valence-corrected chi connectivity index (χ4v) is 8.41. The van der Waals surface area contributed by atoms with Gasteiger partial charge in [-0.25, -0.2) is 0 Å². The van der Waals surface area contributed by atoms with Gasteiger partial charge in [0.1, 0.15) is 0 Å². The van der Waals surface area contributed by atoms with Crippen molar-refractivity contribution in [1.29, 1.82) is 0 Å². The van der Waals surface area contributed by atoms with E-state index in [2.05, 4.69) is 38.8 Å². The summed E-state index contributed by atoms with van der Waals surface area (Å²) in [4.78, 5) is 30.3. The monoisotopic (exact) mass is 644 g/mol. The number of hydrogen-bond donors (Lipinski definition) is 0. The molecule has 0 radical (unpaired) electrons. The Morgan fingerprint density at radius 3 is 2.12 bits per heavy atom. The highest BCUT2D eigenvalue weighted by atomic mass is 35.5. The van der Waals surface area contributed by atoms with Crippen LogP contribution in [0, 0.1) is 5.92 Å². The van der Waals surface area contributed by atoms with Crippen LogP contribution in [0.25, 0.3) is 11.1 Å². The minimum atomic E-state index is -1.79. The van der Waals surface area contributed by atoms with Crippen molar-refractivity contribution in [3.63, 3.8) is 0 Å². The van der Waals surface area contributed by atoms with Crippen molar-refractivity contribution < 1.29 is 18.8 Å². The Morgan fingerprint density at radius 1 is 0.930 bits per heavy atom. The van der Waals surface area contributed by atoms with Gasteiger partial charge in [-0.15, -0.1) is 0 Å². The molecule has 1 saturated carbocycles. The molecule has 9 heteroatoms. The molecule has 3 fully saturated rings. The average molecular weight is 646 g/mol. The van der Waals surface area contributed by atoms with Gasteiger partial charge in [-0.1, -0.05) is 56.1 Å². The molecule has 0 bridgehead atoms. The van der Waals surface area contributed by atoms with Crippen LogP contribution < -0.4 is 0 Å². The Bertz CT molecular complexity index is 1290. The van der Waals surface area contributed by atoms with Crippen molar-refractivity contribution in [2.24, 2.45) is 5.92 Å². The van der Waals surface area contributed by atoms with Crippen molar-refractivity contribution in [3.05, 3.63) is 57.6 Å². The third-order valence-corrected chi connectivity index (χ3v) is 15.3. The van der Waals surface area contributed by atoms with Gasteiger partial charge < -0.3 is 19.0 Å². The van der Waals surface area contributed by atoms with E-state index in [9.17, 15) is 9.59 Å². The molecular formula is C34H46Cl2N2O4Si. The van der Waals surface area contributed by atoms with E-state index in [1.54, 1.807) is 0 Å². The fraction of sp³-hybridized carbons (Fsp3) is 0.588. The lowest BCUT2D eigenvalue weighted by molar-refractivity contribution is -0.133. The summed E-state index contributed by atoms with van der Waals surface area (Å²) in [6, 6.07) is 11.7. The fourth-order valence-electron chi connectivity index (χ4n) is 6.35. The zero-order valence-corrected chi connectivity index (χ0v) is 28.8. The normalized spacial score (nSPS) is 23.6. The van der Waals surface area contributed by atoms with Crippen LogP contribution in [0.1, 0.15) is 68.8 Å². The first-order valence-corrected chi connectivity index (χ1v) is 19.4. The summed E-state index contributed by atoms with van der Waals surface area (Å²) < 4.78 is 12.0. The van der Waals surface area contributed by atoms with Crippen LogP contribution in [-0.2, 0) is 20.4 Å². The summed E-state index contributed by atoms with van der Waals surface area (Å²) in [6.45, 7) is 14.7. The lowest BCUT2D eigenvalue weighted by Crippen LogP contribution is -2.47. The van der Waals surface area contributed by atoms with E-state index < -0.39 is 8.32 Å². The minimum absolute atomic E-state index is 0.0176. The Kier molecular flexibility index (Phi) is 9.99. The second-order valence-electron chi connectivity index (χ2n) is 13.9. The molecule has 2 heterocycles. The van der Waals surface area contributed by atoms with E-state index in [0.29, 0.717) is 60.5 Å². The Hall–Kier alpha value is -1.90. The summed E-state index contributed by atoms with van der Waals surface area (Å²) in [5, 5.41) is 1.35. The van der Waals surface area contributed by atoms with Crippen LogP contribution in [0.4, 0.5) is 0 Å². The highest BCUT2D eigenvalue weighted by Crippen LogP contribution is 2.41. The summed E-state index contributed by atoms with van der Waals surface area (Å²) in [5.41, 5.74) is 3.31. The van der Waals surface area contributed by atoms with Crippen LogP contribution in [-0.4, -0.2) is 74.9 Å². The zero-order valence-electron chi connectivity index (χ0n) is 26.3. The molecule has 5 rings (SSSR count). The van der Waals surface area contributed by atoms with Gasteiger partial charge in [-0.3, -0.25) is 9.59 Å². The largest absolute Gasteiger partial charge is 0.414 e. The molecule has 2 aromatic rings. The number of likely N-dealkylation sites (tertiary alicyclic amines) is 1. The number of carbonyl (C=O) groups is 2. The number of nitrogens with zero attached hydrogens (tertiary/aromatic N) is 2. The van der Waals surface area contributed by atoms with Crippen molar-refractivity contribution in [1.82, 2.24) is 9.80 Å². The van der Waals surface area contributed by atoms with Crippen molar-refractivity contribution in [3.8, 4) is 11.1 Å². The van der Waals surface area contributed by atoms with Gasteiger partial charge >= 0.3 is 0 Å². The molecule has 0 unspecified atom stereocenters. The van der Waals surface area contributed by atoms with Crippen LogP contribution >= 0.6 is 23.2 Å². The Balaban J connectivity index is 1.18. The number of rotatable bonds is 7. The highest BCUT2D eigenvalue weighted by Gasteiger charge is 2.42. The standard InChI is InChI=1S/C34H46Cl2N2O4Si/c1-34(2,3)43(4,5)42-28-12-10-27(11-13-28)38-15-14-25(33(38)40)20-29-30(35)21-26(22-31(29)36)23-6-8-24(9-7-23)32(39)37-16-18-41-19-17-37/h6-9,21-22,25,27-28H,10-20H2,1-5H3/t25-,27?,28?/m0/s1. The number of hydrogen-bond acceptors (Lipinski definition) is 4. The Labute approximate surface area is 268 Å². The smallest absolute Gasteiger partial charge is 0.254 e. The number of halogens is 2. The first kappa shape index (κ1) is 32.5. The van der Waals surface area contributed by atoms with Gasteiger partial charge in [-0.05, 0) is 97.6 Å². The average Bonchev–Trinajstić information content (AvgIpc) is 3.34. The first-order chi connectivity index (χ1) is 20.3. The maximum absolute atomic E-state index is 13.5. The molecular weight excluding hydrogens is 599 g/mol. The molecule has 6 nitrogen and oxygen atoms in total. The summed E-state index contributed by atoms with van der Waals surface area (Å²) in [7, 11) is -1.79. The van der Waals surface area contributed by atoms with Crippen LogP contribution in [0.15, 0.2) is 36.4 Å². The summed E-state index contributed by atoms with van der Waals surface area (Å²) in [5.74, 6) is 0.141. The number of amides is 2.